The van der Waals surface area contributed by atoms with Gasteiger partial charge < -0.3 is 14.8 Å². The highest BCUT2D eigenvalue weighted by Crippen LogP contribution is 2.27. The minimum Gasteiger partial charge on any atom is -0.405 e. The SMILES string of the molecule is CCOCCCNC(=O)/C(C#N)=C/c1ccccc1OC(F)(F)F. The third kappa shape index (κ3) is 7.15. The minimum absolute atomic E-state index is 0.0177. The number of halogens is 3. The number of carbonyl (C=O) groups excluding carboxylic acids is 1. The van der Waals surface area contributed by atoms with Crippen LogP contribution in [0.1, 0.15) is 18.9 Å². The number of rotatable bonds is 8. The predicted octanol–water partition coefficient (Wildman–Crippen LogP) is 3.03. The molecule has 0 aromatic heterocycles. The topological polar surface area (TPSA) is 71.3 Å². The summed E-state index contributed by atoms with van der Waals surface area (Å²) in [5, 5.41) is 11.6. The number of para-hydroxylation sites is 1. The summed E-state index contributed by atoms with van der Waals surface area (Å²) in [7, 11) is 0. The number of ether oxygens (including phenoxy) is 2. The fourth-order valence-corrected chi connectivity index (χ4v) is 1.74. The normalized spacial score (nSPS) is 11.7. The molecule has 1 N–H and O–H groups in total. The molecule has 0 fully saturated rings. The molecule has 1 rings (SSSR count). The lowest BCUT2D eigenvalue weighted by Gasteiger charge is -2.11. The average molecular weight is 342 g/mol. The predicted molar refractivity (Wildman–Crippen MR) is 80.8 cm³/mol. The molecule has 1 amide bonds. The first-order valence-corrected chi connectivity index (χ1v) is 7.20. The van der Waals surface area contributed by atoms with Gasteiger partial charge in [0.05, 0.1) is 0 Å². The zero-order valence-corrected chi connectivity index (χ0v) is 13.0. The van der Waals surface area contributed by atoms with Crippen molar-refractivity contribution in [3.63, 3.8) is 0 Å². The van der Waals surface area contributed by atoms with Crippen molar-refractivity contribution in [3.8, 4) is 11.8 Å². The minimum atomic E-state index is -4.86. The quantitative estimate of drug-likeness (QED) is 0.448. The number of amides is 1. The Hall–Kier alpha value is -2.53. The largest absolute Gasteiger partial charge is 0.573 e. The molecule has 0 aliphatic rings. The standard InChI is InChI=1S/C16H17F3N2O3/c1-2-23-9-5-8-21-15(22)13(11-20)10-12-6-3-4-7-14(12)24-16(17,18)19/h3-4,6-7,10H,2,5,8-9H2,1H3,(H,21,22)/b13-10+. The molecule has 0 aliphatic heterocycles. The van der Waals surface area contributed by atoms with E-state index in [1.165, 1.54) is 18.2 Å². The van der Waals surface area contributed by atoms with Gasteiger partial charge in [-0.2, -0.15) is 5.26 Å². The zero-order valence-electron chi connectivity index (χ0n) is 13.0. The fraction of sp³-hybridized carbons (Fsp3) is 0.375. The second kappa shape index (κ2) is 9.57. The second-order valence-electron chi connectivity index (χ2n) is 4.56. The summed E-state index contributed by atoms with van der Waals surface area (Å²) >= 11 is 0. The number of hydrogen-bond donors (Lipinski definition) is 1. The summed E-state index contributed by atoms with van der Waals surface area (Å²) < 4.78 is 46.1. The van der Waals surface area contributed by atoms with Crippen LogP contribution in [0.25, 0.3) is 6.08 Å². The Morgan fingerprint density at radius 2 is 2.08 bits per heavy atom. The maximum atomic E-state index is 12.4. The lowest BCUT2D eigenvalue weighted by Crippen LogP contribution is -2.26. The summed E-state index contributed by atoms with van der Waals surface area (Å²) in [6.45, 7) is 3.16. The van der Waals surface area contributed by atoms with E-state index in [1.807, 2.05) is 6.92 Å². The van der Waals surface area contributed by atoms with Gasteiger partial charge in [-0.3, -0.25) is 4.79 Å². The Balaban J connectivity index is 2.81. The van der Waals surface area contributed by atoms with E-state index in [-0.39, 0.29) is 11.1 Å². The van der Waals surface area contributed by atoms with Gasteiger partial charge >= 0.3 is 6.36 Å². The van der Waals surface area contributed by atoms with Crippen LogP contribution in [0, 0.1) is 11.3 Å². The van der Waals surface area contributed by atoms with Crippen LogP contribution in [0.4, 0.5) is 13.2 Å². The Kier molecular flexibility index (Phi) is 7.79. The first kappa shape index (κ1) is 19.5. The second-order valence-corrected chi connectivity index (χ2v) is 4.56. The summed E-state index contributed by atoms with van der Waals surface area (Å²) in [6.07, 6.45) is -3.25. The molecule has 0 bridgehead atoms. The van der Waals surface area contributed by atoms with E-state index >= 15 is 0 Å². The van der Waals surface area contributed by atoms with Crippen molar-refractivity contribution in [3.05, 3.63) is 35.4 Å². The van der Waals surface area contributed by atoms with Gasteiger partial charge in [-0.25, -0.2) is 0 Å². The van der Waals surface area contributed by atoms with Crippen LogP contribution in [0.15, 0.2) is 29.8 Å². The van der Waals surface area contributed by atoms with Crippen molar-refractivity contribution in [2.75, 3.05) is 19.8 Å². The highest BCUT2D eigenvalue weighted by Gasteiger charge is 2.31. The van der Waals surface area contributed by atoms with Gasteiger partial charge in [0, 0.05) is 25.3 Å². The first-order valence-electron chi connectivity index (χ1n) is 7.20. The third-order valence-corrected chi connectivity index (χ3v) is 2.76. The molecule has 0 heterocycles. The van der Waals surface area contributed by atoms with E-state index in [9.17, 15) is 18.0 Å². The van der Waals surface area contributed by atoms with Gasteiger partial charge in [0.1, 0.15) is 17.4 Å². The molecule has 1 aromatic rings. The number of alkyl halides is 3. The van der Waals surface area contributed by atoms with Crippen LogP contribution in [-0.2, 0) is 9.53 Å². The maximum Gasteiger partial charge on any atom is 0.573 e. The highest BCUT2D eigenvalue weighted by atomic mass is 19.4. The number of benzene rings is 1. The van der Waals surface area contributed by atoms with Crippen molar-refractivity contribution >= 4 is 12.0 Å². The van der Waals surface area contributed by atoms with E-state index in [2.05, 4.69) is 10.1 Å². The number of nitrogens with one attached hydrogen (secondary N) is 1. The van der Waals surface area contributed by atoms with Crippen molar-refractivity contribution in [1.82, 2.24) is 5.32 Å². The lowest BCUT2D eigenvalue weighted by atomic mass is 10.1. The van der Waals surface area contributed by atoms with Gasteiger partial charge in [0.2, 0.25) is 0 Å². The fourth-order valence-electron chi connectivity index (χ4n) is 1.74. The first-order chi connectivity index (χ1) is 11.4. The number of carbonyl (C=O) groups is 1. The molecule has 1 aromatic carbocycles. The highest BCUT2D eigenvalue weighted by molar-refractivity contribution is 6.01. The Labute approximate surface area is 137 Å². The maximum absolute atomic E-state index is 12.4. The molecule has 24 heavy (non-hydrogen) atoms. The Morgan fingerprint density at radius 1 is 1.38 bits per heavy atom. The van der Waals surface area contributed by atoms with Gasteiger partial charge in [0.25, 0.3) is 5.91 Å². The van der Waals surface area contributed by atoms with E-state index in [4.69, 9.17) is 10.00 Å². The summed E-state index contributed by atoms with van der Waals surface area (Å²) in [6, 6.07) is 6.93. The van der Waals surface area contributed by atoms with Crippen LogP contribution in [0.2, 0.25) is 0 Å². The summed E-state index contributed by atoms with van der Waals surface area (Å²) in [5.74, 6) is -1.15. The molecule has 0 spiro atoms. The van der Waals surface area contributed by atoms with Crippen LogP contribution in [0.5, 0.6) is 5.75 Å². The summed E-state index contributed by atoms with van der Waals surface area (Å²) in [4.78, 5) is 11.9. The van der Waals surface area contributed by atoms with Gasteiger partial charge in [0.15, 0.2) is 0 Å². The van der Waals surface area contributed by atoms with Gasteiger partial charge in [-0.1, -0.05) is 18.2 Å². The van der Waals surface area contributed by atoms with Crippen molar-refractivity contribution in [2.24, 2.45) is 0 Å². The average Bonchev–Trinajstić information content (AvgIpc) is 2.52. The van der Waals surface area contributed by atoms with Crippen LogP contribution in [-0.4, -0.2) is 32.0 Å². The molecule has 0 unspecified atom stereocenters. The molecular weight excluding hydrogens is 325 g/mol. The van der Waals surface area contributed by atoms with Crippen LogP contribution < -0.4 is 10.1 Å². The monoisotopic (exact) mass is 342 g/mol. The molecular formula is C16H17F3N2O3. The van der Waals surface area contributed by atoms with E-state index in [1.54, 1.807) is 6.07 Å². The van der Waals surface area contributed by atoms with Gasteiger partial charge in [-0.05, 0) is 25.5 Å². The molecule has 0 radical (unpaired) electrons. The van der Waals surface area contributed by atoms with Crippen LogP contribution in [0.3, 0.4) is 0 Å². The number of nitrogens with zero attached hydrogens (tertiary/aromatic N) is 1. The molecule has 0 aliphatic carbocycles. The van der Waals surface area contributed by atoms with Crippen molar-refractivity contribution < 1.29 is 27.4 Å². The van der Waals surface area contributed by atoms with E-state index < -0.39 is 18.0 Å². The molecule has 130 valence electrons. The number of nitriles is 1. The van der Waals surface area contributed by atoms with Gasteiger partial charge in [-0.15, -0.1) is 13.2 Å². The smallest absolute Gasteiger partial charge is 0.405 e. The Morgan fingerprint density at radius 3 is 2.71 bits per heavy atom. The summed E-state index contributed by atoms with van der Waals surface area (Å²) in [5.41, 5.74) is -0.333. The molecule has 0 saturated heterocycles. The lowest BCUT2D eigenvalue weighted by molar-refractivity contribution is -0.274. The van der Waals surface area contributed by atoms with E-state index in [0.29, 0.717) is 26.2 Å². The molecule has 0 atom stereocenters. The number of hydrogen-bond acceptors (Lipinski definition) is 4. The van der Waals surface area contributed by atoms with Crippen molar-refractivity contribution in [1.29, 1.82) is 5.26 Å². The zero-order chi connectivity index (χ0) is 18.0. The van der Waals surface area contributed by atoms with Crippen molar-refractivity contribution in [2.45, 2.75) is 19.7 Å². The van der Waals surface area contributed by atoms with Crippen LogP contribution >= 0.6 is 0 Å². The van der Waals surface area contributed by atoms with E-state index in [0.717, 1.165) is 12.1 Å². The molecule has 0 saturated carbocycles. The molecule has 5 nitrogen and oxygen atoms in total. The molecule has 8 heteroatoms. The Bertz CT molecular complexity index is 622. The third-order valence-electron chi connectivity index (χ3n) is 2.76.